The predicted octanol–water partition coefficient (Wildman–Crippen LogP) is 6.56. The van der Waals surface area contributed by atoms with Crippen LogP contribution in [0.5, 0.6) is 0 Å². The van der Waals surface area contributed by atoms with Crippen LogP contribution in [0.2, 0.25) is 0 Å². The van der Waals surface area contributed by atoms with Crippen LogP contribution >= 0.6 is 15.9 Å². The average molecular weight is 512 g/mol. The minimum absolute atomic E-state index is 0.0261. The summed E-state index contributed by atoms with van der Waals surface area (Å²) in [6.45, 7) is 7.69. The van der Waals surface area contributed by atoms with Gasteiger partial charge in [0.1, 0.15) is 0 Å². The Hall–Kier alpha value is -2.21. The molecule has 176 valence electrons. The molecule has 0 aliphatic heterocycles. The maximum Gasteiger partial charge on any atom is 0.185 e. The first-order valence-corrected chi connectivity index (χ1v) is 12.8. The summed E-state index contributed by atoms with van der Waals surface area (Å²) in [6, 6.07) is 15.5. The molecule has 1 unspecified atom stereocenters. The largest absolute Gasteiger partial charge is 0.390 e. The van der Waals surface area contributed by atoms with Gasteiger partial charge in [-0.05, 0) is 68.4 Å². The van der Waals surface area contributed by atoms with Crippen molar-refractivity contribution in [1.82, 2.24) is 9.47 Å². The minimum Gasteiger partial charge on any atom is -0.390 e. The van der Waals surface area contributed by atoms with E-state index in [-0.39, 0.29) is 5.78 Å². The highest BCUT2D eigenvalue weighted by Crippen LogP contribution is 2.23. The number of fused-ring (bicyclic) bond motifs is 1. The molecule has 0 radical (unpaired) electrons. The average Bonchev–Trinajstić information content (AvgIpc) is 3.17. The highest BCUT2D eigenvalue weighted by molar-refractivity contribution is 9.10. The standard InChI is InChI=1S/C28H35BrN2O2/c1-3-5-17-30(18-6-4-2)20-25(32)21-31-19-23(26-9-7-8-10-27(26)31)13-16-28(33)22-11-14-24(29)15-12-22/h7-16,19,25,32H,3-6,17-18,20-21H2,1-2H3/b16-13+. The molecule has 33 heavy (non-hydrogen) atoms. The molecule has 0 amide bonds. The minimum atomic E-state index is -0.448. The van der Waals surface area contributed by atoms with Crippen LogP contribution in [0.4, 0.5) is 0 Å². The van der Waals surface area contributed by atoms with Crippen molar-refractivity contribution in [3.05, 3.63) is 76.4 Å². The molecular weight excluding hydrogens is 476 g/mol. The number of carbonyl (C=O) groups excluding carboxylic acids is 1. The zero-order valence-electron chi connectivity index (χ0n) is 19.7. The summed E-state index contributed by atoms with van der Waals surface area (Å²) in [4.78, 5) is 15.0. The molecule has 0 aliphatic rings. The molecular formula is C28H35BrN2O2. The Labute approximate surface area is 206 Å². The number of para-hydroxylation sites is 1. The number of rotatable bonds is 13. The lowest BCUT2D eigenvalue weighted by atomic mass is 10.1. The van der Waals surface area contributed by atoms with Crippen LogP contribution in [-0.2, 0) is 6.54 Å². The Bertz CT molecular complexity index is 1050. The fourth-order valence-electron chi connectivity index (χ4n) is 4.08. The van der Waals surface area contributed by atoms with Crippen LogP contribution in [-0.4, -0.2) is 46.1 Å². The second kappa shape index (κ2) is 12.9. The zero-order chi connectivity index (χ0) is 23.6. The summed E-state index contributed by atoms with van der Waals surface area (Å²) in [5, 5.41) is 12.0. The van der Waals surface area contributed by atoms with Crippen molar-refractivity contribution < 1.29 is 9.90 Å². The fourth-order valence-corrected chi connectivity index (χ4v) is 4.34. The number of halogens is 1. The van der Waals surface area contributed by atoms with E-state index < -0.39 is 6.10 Å². The highest BCUT2D eigenvalue weighted by Gasteiger charge is 2.14. The van der Waals surface area contributed by atoms with Gasteiger partial charge in [-0.3, -0.25) is 4.79 Å². The molecule has 1 aromatic heterocycles. The zero-order valence-corrected chi connectivity index (χ0v) is 21.3. The van der Waals surface area contributed by atoms with Crippen LogP contribution in [0, 0.1) is 0 Å². The number of aliphatic hydroxyl groups is 1. The molecule has 2 aromatic carbocycles. The second-order valence-electron chi connectivity index (χ2n) is 8.62. The smallest absolute Gasteiger partial charge is 0.185 e. The second-order valence-corrected chi connectivity index (χ2v) is 9.54. The van der Waals surface area contributed by atoms with E-state index in [0.29, 0.717) is 18.7 Å². The van der Waals surface area contributed by atoms with Gasteiger partial charge in [-0.1, -0.05) is 60.8 Å². The third-order valence-electron chi connectivity index (χ3n) is 5.89. The molecule has 1 N–H and O–H groups in total. The number of hydrogen-bond acceptors (Lipinski definition) is 3. The van der Waals surface area contributed by atoms with Gasteiger partial charge >= 0.3 is 0 Å². The van der Waals surface area contributed by atoms with Crippen LogP contribution in [0.3, 0.4) is 0 Å². The van der Waals surface area contributed by atoms with E-state index in [1.54, 1.807) is 6.08 Å². The third kappa shape index (κ3) is 7.39. The number of allylic oxidation sites excluding steroid dienone is 1. The molecule has 0 bridgehead atoms. The third-order valence-corrected chi connectivity index (χ3v) is 6.42. The first-order chi connectivity index (χ1) is 16.0. The van der Waals surface area contributed by atoms with Crippen LogP contribution < -0.4 is 0 Å². The first-order valence-electron chi connectivity index (χ1n) is 12.0. The maximum absolute atomic E-state index is 12.6. The topological polar surface area (TPSA) is 45.5 Å². The van der Waals surface area contributed by atoms with Crippen LogP contribution in [0.15, 0.2) is 65.3 Å². The van der Waals surface area contributed by atoms with Gasteiger partial charge in [-0.2, -0.15) is 0 Å². The summed E-state index contributed by atoms with van der Waals surface area (Å²) in [5.41, 5.74) is 2.71. The Morgan fingerprint density at radius 2 is 1.73 bits per heavy atom. The number of aliphatic hydroxyl groups excluding tert-OH is 1. The molecule has 0 fully saturated rings. The van der Waals surface area contributed by atoms with Gasteiger partial charge < -0.3 is 14.6 Å². The summed E-state index contributed by atoms with van der Waals surface area (Å²) < 4.78 is 3.06. The maximum atomic E-state index is 12.6. The molecule has 3 rings (SSSR count). The monoisotopic (exact) mass is 510 g/mol. The Morgan fingerprint density at radius 1 is 1.06 bits per heavy atom. The van der Waals surface area contributed by atoms with Crippen LogP contribution in [0.25, 0.3) is 17.0 Å². The molecule has 4 nitrogen and oxygen atoms in total. The number of hydrogen-bond donors (Lipinski definition) is 1. The van der Waals surface area contributed by atoms with Crippen molar-refractivity contribution in [3.8, 4) is 0 Å². The molecule has 1 atom stereocenters. The first kappa shape index (κ1) is 25.4. The Kier molecular flexibility index (Phi) is 9.92. The molecule has 0 saturated carbocycles. The number of aromatic nitrogens is 1. The van der Waals surface area contributed by atoms with Gasteiger partial charge in [0.15, 0.2) is 5.78 Å². The van der Waals surface area contributed by atoms with Gasteiger partial charge in [0.25, 0.3) is 0 Å². The van der Waals surface area contributed by atoms with Crippen LogP contribution in [0.1, 0.15) is 55.5 Å². The SMILES string of the molecule is CCCCN(CCCC)CC(O)Cn1cc(/C=C/C(=O)c2ccc(Br)cc2)c2ccccc21. The van der Waals surface area contributed by atoms with E-state index in [4.69, 9.17) is 0 Å². The highest BCUT2D eigenvalue weighted by atomic mass is 79.9. The lowest BCUT2D eigenvalue weighted by Gasteiger charge is -2.25. The van der Waals surface area contributed by atoms with E-state index in [2.05, 4.69) is 51.4 Å². The van der Waals surface area contributed by atoms with E-state index in [0.717, 1.165) is 59.7 Å². The van der Waals surface area contributed by atoms with Gasteiger partial charge in [0.05, 0.1) is 6.10 Å². The van der Waals surface area contributed by atoms with Gasteiger partial charge in [-0.25, -0.2) is 0 Å². The summed E-state index contributed by atoms with van der Waals surface area (Å²) in [6.07, 6.45) is 9.74. The number of nitrogens with zero attached hydrogens (tertiary/aromatic N) is 2. The normalized spacial score (nSPS) is 12.8. The lowest BCUT2D eigenvalue weighted by molar-refractivity contribution is 0.0973. The van der Waals surface area contributed by atoms with E-state index in [1.165, 1.54) is 0 Å². The van der Waals surface area contributed by atoms with Crippen molar-refractivity contribution in [2.45, 2.75) is 52.2 Å². The number of unbranched alkanes of at least 4 members (excludes halogenated alkanes) is 2. The van der Waals surface area contributed by atoms with Gasteiger partial charge in [0.2, 0.25) is 0 Å². The Morgan fingerprint density at radius 3 is 2.39 bits per heavy atom. The fraction of sp³-hybridized carbons (Fsp3) is 0.393. The van der Waals surface area contributed by atoms with Crippen molar-refractivity contribution in [1.29, 1.82) is 0 Å². The van der Waals surface area contributed by atoms with Gasteiger partial charge in [0, 0.05) is 45.8 Å². The molecule has 0 aliphatic carbocycles. The van der Waals surface area contributed by atoms with E-state index in [9.17, 15) is 9.90 Å². The van der Waals surface area contributed by atoms with Crippen molar-refractivity contribution in [2.75, 3.05) is 19.6 Å². The van der Waals surface area contributed by atoms with Gasteiger partial charge in [-0.15, -0.1) is 0 Å². The van der Waals surface area contributed by atoms with Crippen molar-refractivity contribution in [3.63, 3.8) is 0 Å². The molecule has 5 heteroatoms. The Balaban J connectivity index is 1.74. The molecule has 1 heterocycles. The lowest BCUT2D eigenvalue weighted by Crippen LogP contribution is -2.36. The molecule has 0 saturated heterocycles. The number of carbonyl (C=O) groups is 1. The van der Waals surface area contributed by atoms with Crippen molar-refractivity contribution in [2.24, 2.45) is 0 Å². The number of ketones is 1. The summed E-state index contributed by atoms with van der Waals surface area (Å²) in [5.74, 6) is -0.0261. The summed E-state index contributed by atoms with van der Waals surface area (Å²) >= 11 is 3.40. The predicted molar refractivity (Wildman–Crippen MR) is 142 cm³/mol. The molecule has 0 spiro atoms. The quantitative estimate of drug-likeness (QED) is 0.209. The summed E-state index contributed by atoms with van der Waals surface area (Å²) in [7, 11) is 0. The van der Waals surface area contributed by atoms with E-state index in [1.807, 2.05) is 48.7 Å². The number of benzene rings is 2. The van der Waals surface area contributed by atoms with E-state index >= 15 is 0 Å². The van der Waals surface area contributed by atoms with Crippen molar-refractivity contribution >= 4 is 38.7 Å². The molecule has 3 aromatic rings.